The molecule has 1 N–H and O–H groups in total. The van der Waals surface area contributed by atoms with E-state index in [0.29, 0.717) is 38.4 Å². The van der Waals surface area contributed by atoms with Crippen LogP contribution in [-0.2, 0) is 16.1 Å². The normalized spacial score (nSPS) is 15.4. The lowest BCUT2D eigenvalue weighted by molar-refractivity contribution is -0.146. The van der Waals surface area contributed by atoms with Crippen molar-refractivity contribution in [2.45, 2.75) is 26.0 Å². The Morgan fingerprint density at radius 2 is 2.08 bits per heavy atom. The monoisotopic (exact) mass is 483 g/mol. The van der Waals surface area contributed by atoms with E-state index in [-0.39, 0.29) is 41.6 Å². The van der Waals surface area contributed by atoms with E-state index in [1.807, 2.05) is 6.07 Å². The summed E-state index contributed by atoms with van der Waals surface area (Å²) in [6, 6.07) is 6.54. The fourth-order valence-electron chi connectivity index (χ4n) is 2.84. The maximum absolute atomic E-state index is 12.3. The van der Waals surface area contributed by atoms with Crippen LogP contribution in [0.2, 0.25) is 0 Å². The zero-order valence-electron chi connectivity index (χ0n) is 14.8. The average molecular weight is 483 g/mol. The molecule has 0 saturated carbocycles. The third-order valence-electron chi connectivity index (χ3n) is 4.12. The Hall–Kier alpha value is -1.65. The molecule has 1 heterocycles. The van der Waals surface area contributed by atoms with E-state index in [4.69, 9.17) is 4.74 Å². The summed E-state index contributed by atoms with van der Waals surface area (Å²) in [7, 11) is 3.09. The molecule has 146 valence electrons. The predicted octanol–water partition coefficient (Wildman–Crippen LogP) is 2.87. The van der Waals surface area contributed by atoms with Crippen LogP contribution < -0.4 is 10.1 Å². The van der Waals surface area contributed by atoms with Gasteiger partial charge in [0.15, 0.2) is 5.96 Å². The molecule has 0 amide bonds. The Morgan fingerprint density at radius 1 is 1.38 bits per heavy atom. The molecule has 0 unspecified atom stereocenters. The molecule has 0 atom stereocenters. The van der Waals surface area contributed by atoms with E-state index in [0.717, 1.165) is 5.56 Å². The Kier molecular flexibility index (Phi) is 9.60. The number of nitrogens with zero attached hydrogens (tertiary/aromatic N) is 2. The number of nitrogens with one attached hydrogen (secondary N) is 1. The number of carbonyl (C=O) groups excluding carboxylic acids is 1. The maximum atomic E-state index is 12.3. The molecule has 1 aromatic carbocycles. The van der Waals surface area contributed by atoms with E-state index in [1.54, 1.807) is 19.2 Å². The third-order valence-corrected chi connectivity index (χ3v) is 4.12. The van der Waals surface area contributed by atoms with Crippen LogP contribution in [0.15, 0.2) is 29.3 Å². The van der Waals surface area contributed by atoms with Gasteiger partial charge in [0.2, 0.25) is 0 Å². The van der Waals surface area contributed by atoms with Gasteiger partial charge in [-0.3, -0.25) is 9.79 Å². The number of rotatable bonds is 5. The number of halogens is 3. The van der Waals surface area contributed by atoms with Crippen molar-refractivity contribution in [3.63, 3.8) is 0 Å². The Balaban J connectivity index is 0.00000338. The number of esters is 1. The first-order chi connectivity index (χ1) is 12.0. The van der Waals surface area contributed by atoms with E-state index >= 15 is 0 Å². The second-order valence-corrected chi connectivity index (χ2v) is 5.71. The summed E-state index contributed by atoms with van der Waals surface area (Å²) in [6.45, 7) is -1.00. The summed E-state index contributed by atoms with van der Waals surface area (Å²) < 4.78 is 33.8. The minimum atomic E-state index is -2.84. The molecule has 1 aliphatic rings. The number of alkyl halides is 2. The summed E-state index contributed by atoms with van der Waals surface area (Å²) in [6.07, 6.45) is 1.43. The zero-order chi connectivity index (χ0) is 18.2. The minimum absolute atomic E-state index is 0. The fraction of sp³-hybridized carbons (Fsp3) is 0.529. The van der Waals surface area contributed by atoms with Crippen LogP contribution in [0.3, 0.4) is 0 Å². The number of hydrogen-bond acceptors (Lipinski definition) is 4. The predicted molar refractivity (Wildman–Crippen MR) is 105 cm³/mol. The maximum Gasteiger partial charge on any atom is 0.387 e. The molecule has 0 aromatic heterocycles. The van der Waals surface area contributed by atoms with Gasteiger partial charge in [-0.05, 0) is 30.5 Å². The number of guanidine groups is 1. The molecule has 1 fully saturated rings. The van der Waals surface area contributed by atoms with E-state index in [2.05, 4.69) is 19.9 Å². The van der Waals surface area contributed by atoms with Crippen LogP contribution in [0.25, 0.3) is 0 Å². The van der Waals surface area contributed by atoms with Crippen LogP contribution in [0.1, 0.15) is 18.4 Å². The number of methoxy groups -OCH3 is 1. The number of piperidine rings is 1. The van der Waals surface area contributed by atoms with Gasteiger partial charge in [0.1, 0.15) is 5.75 Å². The van der Waals surface area contributed by atoms with Crippen molar-refractivity contribution in [3.05, 3.63) is 29.8 Å². The van der Waals surface area contributed by atoms with Crippen LogP contribution in [0.4, 0.5) is 8.78 Å². The highest BCUT2D eigenvalue weighted by Crippen LogP contribution is 2.19. The van der Waals surface area contributed by atoms with Crippen LogP contribution in [0, 0.1) is 5.92 Å². The SMILES string of the molecule is CN=C(NCc1cccc(OC(F)F)c1)N1CCC(C(=O)OC)CC1.I. The molecule has 9 heteroatoms. The van der Waals surface area contributed by atoms with Gasteiger partial charge < -0.3 is 19.7 Å². The second kappa shape index (κ2) is 11.1. The lowest BCUT2D eigenvalue weighted by Gasteiger charge is -2.33. The van der Waals surface area contributed by atoms with Crippen molar-refractivity contribution >= 4 is 35.9 Å². The fourth-order valence-corrected chi connectivity index (χ4v) is 2.84. The van der Waals surface area contributed by atoms with E-state index < -0.39 is 6.61 Å². The molecule has 0 radical (unpaired) electrons. The molecule has 26 heavy (non-hydrogen) atoms. The Morgan fingerprint density at radius 3 is 2.65 bits per heavy atom. The molecule has 0 spiro atoms. The molecule has 1 aliphatic heterocycles. The molecule has 1 aromatic rings. The molecule has 0 aliphatic carbocycles. The van der Waals surface area contributed by atoms with Gasteiger partial charge in [-0.15, -0.1) is 24.0 Å². The summed E-state index contributed by atoms with van der Waals surface area (Å²) in [5.41, 5.74) is 0.809. The highest BCUT2D eigenvalue weighted by Gasteiger charge is 2.26. The highest BCUT2D eigenvalue weighted by atomic mass is 127. The summed E-state index contributed by atoms with van der Waals surface area (Å²) >= 11 is 0. The smallest absolute Gasteiger partial charge is 0.387 e. The van der Waals surface area contributed by atoms with E-state index in [1.165, 1.54) is 13.2 Å². The molecule has 6 nitrogen and oxygen atoms in total. The van der Waals surface area contributed by atoms with Crippen LogP contribution in [0.5, 0.6) is 5.75 Å². The average Bonchev–Trinajstić information content (AvgIpc) is 2.62. The molecule has 1 saturated heterocycles. The molecular formula is C17H24F2IN3O3. The highest BCUT2D eigenvalue weighted by molar-refractivity contribution is 14.0. The second-order valence-electron chi connectivity index (χ2n) is 5.71. The van der Waals surface area contributed by atoms with Gasteiger partial charge in [-0.2, -0.15) is 8.78 Å². The number of likely N-dealkylation sites (tertiary alicyclic amines) is 1. The lowest BCUT2D eigenvalue weighted by atomic mass is 9.97. The van der Waals surface area contributed by atoms with Crippen molar-refractivity contribution in [2.75, 3.05) is 27.2 Å². The van der Waals surface area contributed by atoms with Gasteiger partial charge in [0.25, 0.3) is 0 Å². The number of hydrogen-bond donors (Lipinski definition) is 1. The summed E-state index contributed by atoms with van der Waals surface area (Å²) in [5.74, 6) is 0.604. The van der Waals surface area contributed by atoms with Crippen molar-refractivity contribution in [1.29, 1.82) is 0 Å². The first kappa shape index (κ1) is 22.4. The minimum Gasteiger partial charge on any atom is -0.469 e. The van der Waals surface area contributed by atoms with Crippen molar-refractivity contribution in [2.24, 2.45) is 10.9 Å². The van der Waals surface area contributed by atoms with Gasteiger partial charge in [-0.25, -0.2) is 0 Å². The third kappa shape index (κ3) is 6.58. The van der Waals surface area contributed by atoms with Gasteiger partial charge in [0.05, 0.1) is 13.0 Å². The largest absolute Gasteiger partial charge is 0.469 e. The zero-order valence-corrected chi connectivity index (χ0v) is 17.1. The molecular weight excluding hydrogens is 459 g/mol. The van der Waals surface area contributed by atoms with Crippen LogP contribution in [-0.4, -0.2) is 50.7 Å². The van der Waals surface area contributed by atoms with Gasteiger partial charge in [-0.1, -0.05) is 12.1 Å². The number of carbonyl (C=O) groups is 1. The molecule has 0 bridgehead atoms. The lowest BCUT2D eigenvalue weighted by Crippen LogP contribution is -2.46. The van der Waals surface area contributed by atoms with E-state index in [9.17, 15) is 13.6 Å². The topological polar surface area (TPSA) is 63.2 Å². The number of aliphatic imine (C=N–C) groups is 1. The Labute approximate surface area is 169 Å². The number of benzene rings is 1. The summed E-state index contributed by atoms with van der Waals surface area (Å²) in [4.78, 5) is 17.9. The Bertz CT molecular complexity index is 609. The first-order valence-corrected chi connectivity index (χ1v) is 8.10. The van der Waals surface area contributed by atoms with Crippen LogP contribution >= 0.6 is 24.0 Å². The quantitative estimate of drug-likeness (QED) is 0.302. The van der Waals surface area contributed by atoms with Crippen molar-refractivity contribution in [1.82, 2.24) is 10.2 Å². The van der Waals surface area contributed by atoms with Gasteiger partial charge in [0, 0.05) is 26.7 Å². The van der Waals surface area contributed by atoms with Crippen molar-refractivity contribution < 1.29 is 23.0 Å². The van der Waals surface area contributed by atoms with Gasteiger partial charge >= 0.3 is 12.6 Å². The summed E-state index contributed by atoms with van der Waals surface area (Å²) in [5, 5.41) is 3.21. The molecule has 2 rings (SSSR count). The standard InChI is InChI=1S/C17H23F2N3O3.HI/c1-20-17(22-8-6-13(7-9-22)15(23)24-2)21-11-12-4-3-5-14(10-12)25-16(18)19;/h3-5,10,13,16H,6-9,11H2,1-2H3,(H,20,21);1H. The first-order valence-electron chi connectivity index (χ1n) is 8.10. The number of ether oxygens (including phenoxy) is 2. The van der Waals surface area contributed by atoms with Crippen molar-refractivity contribution in [3.8, 4) is 5.75 Å².